The average Bonchev–Trinajstić information content (AvgIpc) is 2.42. The standard InChI is InChI=1S/C13H20N2O4/c1-18-10-11-19-9-5-4-8-14-12-6-2-3-7-13(12)15(16)17/h2-3,6-7,14H,4-5,8-11H2,1H3. The third-order valence-corrected chi connectivity index (χ3v) is 2.56. The van der Waals surface area contributed by atoms with E-state index in [0.29, 0.717) is 32.1 Å². The first kappa shape index (κ1) is 15.4. The van der Waals surface area contributed by atoms with E-state index in [9.17, 15) is 10.1 Å². The molecule has 0 amide bonds. The maximum atomic E-state index is 10.8. The Bertz CT molecular complexity index is 385. The fourth-order valence-electron chi connectivity index (χ4n) is 1.58. The largest absolute Gasteiger partial charge is 0.382 e. The van der Waals surface area contributed by atoms with Crippen molar-refractivity contribution in [1.29, 1.82) is 0 Å². The molecular weight excluding hydrogens is 248 g/mol. The number of rotatable bonds is 10. The molecule has 1 rings (SSSR count). The zero-order valence-corrected chi connectivity index (χ0v) is 11.1. The molecule has 0 radical (unpaired) electrons. The molecule has 106 valence electrons. The van der Waals surface area contributed by atoms with Crippen LogP contribution in [0.3, 0.4) is 0 Å². The molecule has 0 bridgehead atoms. The molecule has 1 N–H and O–H groups in total. The number of unbranched alkanes of at least 4 members (excludes halogenated alkanes) is 1. The minimum atomic E-state index is -0.379. The van der Waals surface area contributed by atoms with Gasteiger partial charge in [-0.3, -0.25) is 10.1 Å². The number of anilines is 1. The molecule has 0 unspecified atom stereocenters. The maximum absolute atomic E-state index is 10.8. The Morgan fingerprint density at radius 2 is 2.00 bits per heavy atom. The van der Waals surface area contributed by atoms with E-state index in [1.165, 1.54) is 6.07 Å². The molecule has 6 nitrogen and oxygen atoms in total. The van der Waals surface area contributed by atoms with E-state index in [4.69, 9.17) is 9.47 Å². The highest BCUT2D eigenvalue weighted by Crippen LogP contribution is 2.22. The topological polar surface area (TPSA) is 73.6 Å². The van der Waals surface area contributed by atoms with Gasteiger partial charge in [-0.2, -0.15) is 0 Å². The van der Waals surface area contributed by atoms with Crippen molar-refractivity contribution in [2.24, 2.45) is 0 Å². The Labute approximate surface area is 112 Å². The van der Waals surface area contributed by atoms with Gasteiger partial charge in [-0.25, -0.2) is 0 Å². The zero-order valence-electron chi connectivity index (χ0n) is 11.1. The van der Waals surface area contributed by atoms with E-state index >= 15 is 0 Å². The lowest BCUT2D eigenvalue weighted by Crippen LogP contribution is -2.07. The predicted molar refractivity (Wildman–Crippen MR) is 73.5 cm³/mol. The van der Waals surface area contributed by atoms with Gasteiger partial charge in [-0.1, -0.05) is 12.1 Å². The summed E-state index contributed by atoms with van der Waals surface area (Å²) in [5, 5.41) is 13.9. The van der Waals surface area contributed by atoms with Crippen LogP contribution < -0.4 is 5.32 Å². The summed E-state index contributed by atoms with van der Waals surface area (Å²) in [6.07, 6.45) is 1.82. The van der Waals surface area contributed by atoms with E-state index in [-0.39, 0.29) is 10.6 Å². The Kier molecular flexibility index (Phi) is 7.53. The first-order valence-corrected chi connectivity index (χ1v) is 6.29. The normalized spacial score (nSPS) is 10.4. The second kappa shape index (κ2) is 9.29. The second-order valence-electron chi connectivity index (χ2n) is 4.01. The number of nitro benzene ring substituents is 1. The summed E-state index contributed by atoms with van der Waals surface area (Å²) < 4.78 is 10.2. The summed E-state index contributed by atoms with van der Waals surface area (Å²) >= 11 is 0. The maximum Gasteiger partial charge on any atom is 0.292 e. The third kappa shape index (κ3) is 6.17. The average molecular weight is 268 g/mol. The van der Waals surface area contributed by atoms with Crippen molar-refractivity contribution < 1.29 is 14.4 Å². The summed E-state index contributed by atoms with van der Waals surface area (Å²) in [6, 6.07) is 6.65. The van der Waals surface area contributed by atoms with Crippen LogP contribution in [0.1, 0.15) is 12.8 Å². The monoisotopic (exact) mass is 268 g/mol. The second-order valence-corrected chi connectivity index (χ2v) is 4.01. The molecule has 0 aliphatic heterocycles. The highest BCUT2D eigenvalue weighted by Gasteiger charge is 2.10. The molecule has 0 heterocycles. The molecule has 6 heteroatoms. The lowest BCUT2D eigenvalue weighted by Gasteiger charge is -2.07. The summed E-state index contributed by atoms with van der Waals surface area (Å²) in [5.74, 6) is 0. The quantitative estimate of drug-likeness (QED) is 0.401. The van der Waals surface area contributed by atoms with Crippen molar-refractivity contribution in [3.63, 3.8) is 0 Å². The highest BCUT2D eigenvalue weighted by atomic mass is 16.6. The van der Waals surface area contributed by atoms with Crippen molar-refractivity contribution in [3.8, 4) is 0 Å². The molecule has 1 aromatic rings. The number of hydrogen-bond acceptors (Lipinski definition) is 5. The number of para-hydroxylation sites is 2. The number of nitrogens with one attached hydrogen (secondary N) is 1. The molecule has 0 aliphatic rings. The summed E-state index contributed by atoms with van der Waals surface area (Å²) in [7, 11) is 1.64. The van der Waals surface area contributed by atoms with Gasteiger partial charge in [0.15, 0.2) is 0 Å². The fraction of sp³-hybridized carbons (Fsp3) is 0.538. The van der Waals surface area contributed by atoms with Gasteiger partial charge in [0.2, 0.25) is 0 Å². The number of ether oxygens (including phenoxy) is 2. The lowest BCUT2D eigenvalue weighted by atomic mass is 10.2. The number of nitrogens with zero attached hydrogens (tertiary/aromatic N) is 1. The van der Waals surface area contributed by atoms with Crippen LogP contribution in [-0.4, -0.2) is 38.4 Å². The van der Waals surface area contributed by atoms with Crippen LogP contribution in [0.15, 0.2) is 24.3 Å². The first-order valence-electron chi connectivity index (χ1n) is 6.29. The van der Waals surface area contributed by atoms with Gasteiger partial charge in [0, 0.05) is 26.3 Å². The fourth-order valence-corrected chi connectivity index (χ4v) is 1.58. The van der Waals surface area contributed by atoms with Crippen LogP contribution in [0.25, 0.3) is 0 Å². The van der Waals surface area contributed by atoms with Crippen molar-refractivity contribution in [2.75, 3.05) is 38.8 Å². The Morgan fingerprint density at radius 3 is 2.74 bits per heavy atom. The number of methoxy groups -OCH3 is 1. The highest BCUT2D eigenvalue weighted by molar-refractivity contribution is 5.60. The van der Waals surface area contributed by atoms with Crippen LogP contribution in [0, 0.1) is 10.1 Å². The molecule has 19 heavy (non-hydrogen) atoms. The Morgan fingerprint density at radius 1 is 1.21 bits per heavy atom. The molecule has 1 aromatic carbocycles. The number of hydrogen-bond donors (Lipinski definition) is 1. The van der Waals surface area contributed by atoms with Crippen LogP contribution in [0.4, 0.5) is 11.4 Å². The first-order chi connectivity index (χ1) is 9.25. The van der Waals surface area contributed by atoms with Gasteiger partial charge in [0.25, 0.3) is 5.69 Å². The zero-order chi connectivity index (χ0) is 13.9. The van der Waals surface area contributed by atoms with E-state index in [1.54, 1.807) is 25.3 Å². The van der Waals surface area contributed by atoms with E-state index in [0.717, 1.165) is 12.8 Å². The smallest absolute Gasteiger partial charge is 0.292 e. The minimum absolute atomic E-state index is 0.110. The van der Waals surface area contributed by atoms with Crippen molar-refractivity contribution in [3.05, 3.63) is 34.4 Å². The molecule has 0 atom stereocenters. The van der Waals surface area contributed by atoms with E-state index < -0.39 is 0 Å². The Balaban J connectivity index is 2.17. The summed E-state index contributed by atoms with van der Waals surface area (Å²) in [4.78, 5) is 10.4. The van der Waals surface area contributed by atoms with Gasteiger partial charge in [-0.15, -0.1) is 0 Å². The van der Waals surface area contributed by atoms with Gasteiger partial charge >= 0.3 is 0 Å². The van der Waals surface area contributed by atoms with E-state index in [2.05, 4.69) is 5.32 Å². The van der Waals surface area contributed by atoms with Gasteiger partial charge in [-0.05, 0) is 18.9 Å². The predicted octanol–water partition coefficient (Wildman–Crippen LogP) is 2.45. The number of benzene rings is 1. The van der Waals surface area contributed by atoms with Crippen LogP contribution in [0.5, 0.6) is 0 Å². The van der Waals surface area contributed by atoms with Crippen LogP contribution in [0.2, 0.25) is 0 Å². The summed E-state index contributed by atoms with van der Waals surface area (Å²) in [5.41, 5.74) is 0.673. The SMILES string of the molecule is COCCOCCCCNc1ccccc1[N+](=O)[O-]. The molecule has 0 spiro atoms. The molecular formula is C13H20N2O4. The van der Waals surface area contributed by atoms with Crippen LogP contribution >= 0.6 is 0 Å². The van der Waals surface area contributed by atoms with Gasteiger partial charge < -0.3 is 14.8 Å². The van der Waals surface area contributed by atoms with Gasteiger partial charge in [0.1, 0.15) is 5.69 Å². The molecule has 0 fully saturated rings. The van der Waals surface area contributed by atoms with Crippen molar-refractivity contribution >= 4 is 11.4 Å². The van der Waals surface area contributed by atoms with Crippen molar-refractivity contribution in [2.45, 2.75) is 12.8 Å². The Hall–Kier alpha value is -1.66. The van der Waals surface area contributed by atoms with E-state index in [1.807, 2.05) is 0 Å². The van der Waals surface area contributed by atoms with Crippen molar-refractivity contribution in [1.82, 2.24) is 0 Å². The summed E-state index contributed by atoms with van der Waals surface area (Å²) in [6.45, 7) is 2.59. The lowest BCUT2D eigenvalue weighted by molar-refractivity contribution is -0.384. The third-order valence-electron chi connectivity index (χ3n) is 2.56. The molecule has 0 aliphatic carbocycles. The molecule has 0 saturated carbocycles. The molecule has 0 aromatic heterocycles. The van der Waals surface area contributed by atoms with Crippen LogP contribution in [-0.2, 0) is 9.47 Å². The molecule has 0 saturated heterocycles. The van der Waals surface area contributed by atoms with Gasteiger partial charge in [0.05, 0.1) is 18.1 Å². The number of nitro groups is 1. The minimum Gasteiger partial charge on any atom is -0.382 e.